The molecule has 0 aliphatic heterocycles. The monoisotopic (exact) mass is 402 g/mol. The van der Waals surface area contributed by atoms with Gasteiger partial charge in [-0.15, -0.1) is 0 Å². The van der Waals surface area contributed by atoms with Crippen molar-refractivity contribution in [2.45, 2.75) is 19.8 Å². The van der Waals surface area contributed by atoms with Crippen molar-refractivity contribution >= 4 is 12.2 Å². The van der Waals surface area contributed by atoms with Crippen molar-refractivity contribution in [1.29, 1.82) is 0 Å². The highest BCUT2D eigenvalue weighted by Crippen LogP contribution is 2.18. The van der Waals surface area contributed by atoms with Crippen molar-refractivity contribution in [3.05, 3.63) is 70.5 Å². The molecule has 0 bridgehead atoms. The van der Waals surface area contributed by atoms with Crippen molar-refractivity contribution in [2.75, 3.05) is 14.2 Å². The van der Waals surface area contributed by atoms with Crippen LogP contribution in [0.2, 0.25) is 0 Å². The normalized spacial score (nSPS) is 11.0. The van der Waals surface area contributed by atoms with Crippen LogP contribution in [0.1, 0.15) is 11.4 Å². The van der Waals surface area contributed by atoms with Crippen LogP contribution < -0.4 is 9.47 Å². The molecule has 148 valence electrons. The van der Waals surface area contributed by atoms with Gasteiger partial charge >= 0.3 is 0 Å². The van der Waals surface area contributed by atoms with Gasteiger partial charge in [0.15, 0.2) is 10.6 Å². The molecule has 3 rings (SSSR count). The molecule has 1 aromatic heterocycles. The highest BCUT2D eigenvalue weighted by molar-refractivity contribution is 7.71. The Kier molecular flexibility index (Phi) is 6.43. The molecule has 0 aliphatic carbocycles. The molecule has 8 heteroatoms. The first kappa shape index (κ1) is 20.0. The Labute approximate surface area is 168 Å². The fraction of sp³-hybridized carbons (Fsp3) is 0.300. The number of hydrogen-bond acceptors (Lipinski definition) is 5. The average molecular weight is 402 g/mol. The smallest absolute Gasteiger partial charge is 0.198 e. The number of methoxy groups -OCH3 is 1. The Bertz CT molecular complexity index is 985. The third kappa shape index (κ3) is 4.96. The van der Waals surface area contributed by atoms with Gasteiger partial charge in [0.2, 0.25) is 0 Å². The average Bonchev–Trinajstić information content (AvgIpc) is 2.94. The molecule has 0 unspecified atom stereocenters. The maximum atomic E-state index is 13.4. The lowest BCUT2D eigenvalue weighted by Crippen LogP contribution is -2.22. The van der Waals surface area contributed by atoms with Crippen LogP contribution in [0.4, 0.5) is 4.39 Å². The third-order valence-corrected chi connectivity index (χ3v) is 4.76. The third-order valence-electron chi connectivity index (χ3n) is 4.28. The summed E-state index contributed by atoms with van der Waals surface area (Å²) in [7, 11) is 5.43. The largest absolute Gasteiger partial charge is 0.497 e. The van der Waals surface area contributed by atoms with E-state index in [1.807, 2.05) is 53.9 Å². The molecule has 1 heterocycles. The number of aromatic nitrogens is 3. The number of nitrogens with zero attached hydrogens (tertiary/aromatic N) is 4. The molecule has 28 heavy (non-hydrogen) atoms. The fourth-order valence-corrected chi connectivity index (χ4v) is 3.00. The number of halogens is 1. The molecule has 0 amide bonds. The predicted octanol–water partition coefficient (Wildman–Crippen LogP) is 3.77. The van der Waals surface area contributed by atoms with E-state index in [4.69, 9.17) is 21.7 Å². The zero-order valence-corrected chi connectivity index (χ0v) is 16.9. The first-order valence-corrected chi connectivity index (χ1v) is 9.19. The molecule has 6 nitrogen and oxygen atoms in total. The molecule has 0 saturated carbocycles. The molecule has 0 saturated heterocycles. The lowest BCUT2D eigenvalue weighted by Gasteiger charge is -2.16. The molecule has 0 spiro atoms. The highest BCUT2D eigenvalue weighted by atomic mass is 32.1. The maximum absolute atomic E-state index is 13.4. The quantitative estimate of drug-likeness (QED) is 0.537. The maximum Gasteiger partial charge on any atom is 0.198 e. The second kappa shape index (κ2) is 8.99. The Morgan fingerprint density at radius 3 is 2.54 bits per heavy atom. The minimum atomic E-state index is -0.238. The first-order chi connectivity index (χ1) is 13.5. The zero-order valence-electron chi connectivity index (χ0n) is 16.1. The summed E-state index contributed by atoms with van der Waals surface area (Å²) in [6.45, 7) is 1.38. The highest BCUT2D eigenvalue weighted by Gasteiger charge is 2.11. The van der Waals surface area contributed by atoms with Gasteiger partial charge in [-0.1, -0.05) is 12.1 Å². The minimum absolute atomic E-state index is 0.238. The Hall–Kier alpha value is -2.71. The molecule has 0 aliphatic rings. The topological polar surface area (TPSA) is 44.5 Å². The number of ether oxygens (including phenoxy) is 2. The van der Waals surface area contributed by atoms with E-state index in [0.29, 0.717) is 24.6 Å². The Morgan fingerprint density at radius 2 is 1.86 bits per heavy atom. The molecule has 3 aromatic rings. The second-order valence-corrected chi connectivity index (χ2v) is 6.87. The number of hydrogen-bond donors (Lipinski definition) is 0. The van der Waals surface area contributed by atoms with E-state index < -0.39 is 0 Å². The van der Waals surface area contributed by atoms with Crippen LogP contribution in [-0.2, 0) is 26.9 Å². The summed E-state index contributed by atoms with van der Waals surface area (Å²) in [6.07, 6.45) is 0. The summed E-state index contributed by atoms with van der Waals surface area (Å²) in [4.78, 5) is 2.02. The van der Waals surface area contributed by atoms with Gasteiger partial charge in [0, 0.05) is 13.6 Å². The van der Waals surface area contributed by atoms with Crippen LogP contribution in [0.25, 0.3) is 0 Å². The standard InChI is InChI=1S/C20H23FN4O2S/c1-23(12-15-5-4-6-16(21)11-15)14-25-20(28)24(2)19(22-25)13-27-18-9-7-17(26-3)8-10-18/h4-11H,12-14H2,1-3H3. The van der Waals surface area contributed by atoms with E-state index in [0.717, 1.165) is 22.9 Å². The Balaban J connectivity index is 1.64. The lowest BCUT2D eigenvalue weighted by molar-refractivity contribution is 0.240. The van der Waals surface area contributed by atoms with Crippen molar-refractivity contribution < 1.29 is 13.9 Å². The lowest BCUT2D eigenvalue weighted by atomic mass is 10.2. The minimum Gasteiger partial charge on any atom is -0.497 e. The van der Waals surface area contributed by atoms with E-state index in [1.54, 1.807) is 17.9 Å². The summed E-state index contributed by atoms with van der Waals surface area (Å²) in [5.74, 6) is 1.99. The van der Waals surface area contributed by atoms with Crippen LogP contribution in [0.3, 0.4) is 0 Å². The van der Waals surface area contributed by atoms with Crippen LogP contribution in [0.15, 0.2) is 48.5 Å². The molecule has 0 radical (unpaired) electrons. The predicted molar refractivity (Wildman–Crippen MR) is 107 cm³/mol. The summed E-state index contributed by atoms with van der Waals surface area (Å²) in [5.41, 5.74) is 0.896. The van der Waals surface area contributed by atoms with E-state index >= 15 is 0 Å². The fourth-order valence-electron chi connectivity index (χ4n) is 2.80. The SMILES string of the molecule is COc1ccc(OCc2nn(CN(C)Cc3cccc(F)c3)c(=S)n2C)cc1. The first-order valence-electron chi connectivity index (χ1n) is 8.79. The van der Waals surface area contributed by atoms with Crippen LogP contribution in [0, 0.1) is 10.6 Å². The molecule has 2 aromatic carbocycles. The number of rotatable bonds is 8. The van der Waals surface area contributed by atoms with Crippen molar-refractivity contribution in [1.82, 2.24) is 19.2 Å². The zero-order chi connectivity index (χ0) is 20.1. The van der Waals surface area contributed by atoms with Gasteiger partial charge in [-0.05, 0) is 61.2 Å². The van der Waals surface area contributed by atoms with Gasteiger partial charge in [-0.25, -0.2) is 9.07 Å². The molecular formula is C20H23FN4O2S. The summed E-state index contributed by atoms with van der Waals surface area (Å²) >= 11 is 5.49. The summed E-state index contributed by atoms with van der Waals surface area (Å²) in [6, 6.07) is 13.9. The van der Waals surface area contributed by atoms with Crippen LogP contribution in [0.5, 0.6) is 11.5 Å². The summed E-state index contributed by atoms with van der Waals surface area (Å²) in [5, 5.41) is 4.57. The van der Waals surface area contributed by atoms with Gasteiger partial charge in [0.25, 0.3) is 0 Å². The summed E-state index contributed by atoms with van der Waals surface area (Å²) < 4.78 is 28.5. The van der Waals surface area contributed by atoms with Crippen molar-refractivity contribution in [3.63, 3.8) is 0 Å². The van der Waals surface area contributed by atoms with Crippen LogP contribution >= 0.6 is 12.2 Å². The van der Waals surface area contributed by atoms with E-state index in [1.165, 1.54) is 12.1 Å². The van der Waals surface area contributed by atoms with Crippen molar-refractivity contribution in [3.8, 4) is 11.5 Å². The van der Waals surface area contributed by atoms with Gasteiger partial charge in [0.1, 0.15) is 23.9 Å². The van der Waals surface area contributed by atoms with Gasteiger partial charge < -0.3 is 14.0 Å². The molecule has 0 fully saturated rings. The van der Waals surface area contributed by atoms with E-state index in [2.05, 4.69) is 5.10 Å². The van der Waals surface area contributed by atoms with Gasteiger partial charge in [-0.3, -0.25) is 4.90 Å². The van der Waals surface area contributed by atoms with Gasteiger partial charge in [0.05, 0.1) is 13.8 Å². The van der Waals surface area contributed by atoms with E-state index in [-0.39, 0.29) is 5.82 Å². The van der Waals surface area contributed by atoms with Gasteiger partial charge in [-0.2, -0.15) is 5.10 Å². The van der Waals surface area contributed by atoms with E-state index in [9.17, 15) is 4.39 Å². The number of benzene rings is 2. The van der Waals surface area contributed by atoms with Crippen LogP contribution in [-0.4, -0.2) is 33.4 Å². The molecular weight excluding hydrogens is 379 g/mol. The molecule has 0 N–H and O–H groups in total. The second-order valence-electron chi connectivity index (χ2n) is 6.51. The Morgan fingerprint density at radius 1 is 1.14 bits per heavy atom. The van der Waals surface area contributed by atoms with Crippen molar-refractivity contribution in [2.24, 2.45) is 7.05 Å². The molecule has 0 atom stereocenters.